The zero-order chi connectivity index (χ0) is 33.0. The molecular weight excluding hydrogens is 598 g/mol. The molecule has 0 unspecified atom stereocenters. The molecule has 0 radical (unpaired) electrons. The van der Waals surface area contributed by atoms with Crippen molar-refractivity contribution in [3.8, 4) is 22.6 Å². The van der Waals surface area contributed by atoms with Gasteiger partial charge in [0.1, 0.15) is 11.1 Å². The number of aromatic nitrogens is 2. The summed E-state index contributed by atoms with van der Waals surface area (Å²) in [5.74, 6) is -3.79. The van der Waals surface area contributed by atoms with Gasteiger partial charge in [-0.2, -0.15) is 0 Å². The Morgan fingerprint density at radius 3 is 2.13 bits per heavy atom. The number of ether oxygens (including phenoxy) is 3. The maximum absolute atomic E-state index is 14.0. The standard InChI is InChI=1S/C33H27N3O10/c1-4-45-33(42)27-23-14-22(10-12-24(23)46-28(27)32(40)41)36(17-18-5-7-19(8-6-18)31(38)39)30(37)29-34-15-21(16-35-29)20-9-11-25(43-2)26(13-20)44-3/h5-16H,4,17H2,1-3H3,(H,38,39)(H,40,41). The molecule has 0 saturated carbocycles. The molecule has 0 aliphatic heterocycles. The molecule has 0 spiro atoms. The third kappa shape index (κ3) is 6.19. The van der Waals surface area contributed by atoms with Crippen molar-refractivity contribution in [1.82, 2.24) is 9.97 Å². The van der Waals surface area contributed by atoms with Gasteiger partial charge in [0.2, 0.25) is 11.6 Å². The fraction of sp³-hybridized carbons (Fsp3) is 0.152. The SMILES string of the molecule is CCOC(=O)c1c(C(=O)O)oc2ccc(N(Cc3ccc(C(=O)O)cc3)C(=O)c3ncc(-c4ccc(OC)c(OC)c4)cn3)cc12. The highest BCUT2D eigenvalue weighted by Gasteiger charge is 2.29. The molecule has 234 valence electrons. The van der Waals surface area contributed by atoms with Crippen LogP contribution in [-0.4, -0.2) is 64.8 Å². The zero-order valence-corrected chi connectivity index (χ0v) is 24.8. The number of fused-ring (bicyclic) bond motifs is 1. The van der Waals surface area contributed by atoms with Crippen LogP contribution in [0.15, 0.2) is 77.5 Å². The molecule has 2 N–H and O–H groups in total. The van der Waals surface area contributed by atoms with Crippen LogP contribution in [0.5, 0.6) is 11.5 Å². The maximum Gasteiger partial charge on any atom is 0.372 e. The lowest BCUT2D eigenvalue weighted by molar-refractivity contribution is 0.0510. The highest BCUT2D eigenvalue weighted by Crippen LogP contribution is 2.33. The molecule has 13 heteroatoms. The average Bonchev–Trinajstić information content (AvgIpc) is 3.46. The number of methoxy groups -OCH3 is 2. The van der Waals surface area contributed by atoms with Crippen LogP contribution in [0.25, 0.3) is 22.1 Å². The summed E-state index contributed by atoms with van der Waals surface area (Å²) >= 11 is 0. The van der Waals surface area contributed by atoms with Crippen molar-refractivity contribution in [3.63, 3.8) is 0 Å². The number of amides is 1. The monoisotopic (exact) mass is 625 g/mol. The third-order valence-electron chi connectivity index (χ3n) is 7.00. The van der Waals surface area contributed by atoms with E-state index in [1.165, 1.54) is 61.8 Å². The van der Waals surface area contributed by atoms with Gasteiger partial charge in [0.25, 0.3) is 5.91 Å². The molecule has 46 heavy (non-hydrogen) atoms. The van der Waals surface area contributed by atoms with E-state index < -0.39 is 29.6 Å². The van der Waals surface area contributed by atoms with E-state index in [1.807, 2.05) is 0 Å². The van der Waals surface area contributed by atoms with Crippen molar-refractivity contribution >= 4 is 40.5 Å². The first-order valence-corrected chi connectivity index (χ1v) is 13.8. The topological polar surface area (TPSA) is 179 Å². The first-order valence-electron chi connectivity index (χ1n) is 13.8. The van der Waals surface area contributed by atoms with Crippen LogP contribution < -0.4 is 14.4 Å². The average molecular weight is 626 g/mol. The summed E-state index contributed by atoms with van der Waals surface area (Å²) in [5.41, 5.74) is 2.03. The van der Waals surface area contributed by atoms with E-state index in [0.29, 0.717) is 22.6 Å². The Balaban J connectivity index is 1.57. The van der Waals surface area contributed by atoms with Gasteiger partial charge in [-0.15, -0.1) is 0 Å². The fourth-order valence-electron chi connectivity index (χ4n) is 4.75. The van der Waals surface area contributed by atoms with E-state index in [1.54, 1.807) is 37.3 Å². The van der Waals surface area contributed by atoms with E-state index in [0.717, 1.165) is 5.56 Å². The second kappa shape index (κ2) is 13.2. The molecule has 0 saturated heterocycles. The molecule has 5 rings (SSSR count). The van der Waals surface area contributed by atoms with Crippen molar-refractivity contribution in [3.05, 3.63) is 101 Å². The molecule has 0 atom stereocenters. The molecule has 0 aliphatic rings. The van der Waals surface area contributed by atoms with Crippen molar-refractivity contribution in [1.29, 1.82) is 0 Å². The van der Waals surface area contributed by atoms with Crippen molar-refractivity contribution in [2.75, 3.05) is 25.7 Å². The summed E-state index contributed by atoms with van der Waals surface area (Å²) in [7, 11) is 3.04. The zero-order valence-electron chi connectivity index (χ0n) is 24.8. The molecule has 0 bridgehead atoms. The van der Waals surface area contributed by atoms with Crippen LogP contribution in [0.2, 0.25) is 0 Å². The number of rotatable bonds is 11. The fourth-order valence-corrected chi connectivity index (χ4v) is 4.75. The molecule has 0 aliphatic carbocycles. The van der Waals surface area contributed by atoms with Crippen molar-refractivity contribution in [2.45, 2.75) is 13.5 Å². The van der Waals surface area contributed by atoms with Crippen molar-refractivity contribution in [2.24, 2.45) is 0 Å². The van der Waals surface area contributed by atoms with Gasteiger partial charge in [0.15, 0.2) is 11.5 Å². The number of carboxylic acids is 2. The van der Waals surface area contributed by atoms with Gasteiger partial charge < -0.3 is 33.7 Å². The van der Waals surface area contributed by atoms with Gasteiger partial charge in [0.05, 0.1) is 32.9 Å². The Labute approximate surface area is 261 Å². The summed E-state index contributed by atoms with van der Waals surface area (Å²) in [6.45, 7) is 1.53. The van der Waals surface area contributed by atoms with Crippen LogP contribution in [0.4, 0.5) is 5.69 Å². The summed E-state index contributed by atoms with van der Waals surface area (Å²) in [6.07, 6.45) is 2.97. The number of carbonyl (C=O) groups is 4. The number of anilines is 1. The number of benzene rings is 3. The summed E-state index contributed by atoms with van der Waals surface area (Å²) < 4.78 is 21.2. The van der Waals surface area contributed by atoms with Gasteiger partial charge in [-0.25, -0.2) is 24.4 Å². The quantitative estimate of drug-likeness (QED) is 0.181. The van der Waals surface area contributed by atoms with Crippen LogP contribution in [-0.2, 0) is 11.3 Å². The molecule has 1 amide bonds. The minimum absolute atomic E-state index is 0.00214. The molecule has 5 aromatic rings. The van der Waals surface area contributed by atoms with Gasteiger partial charge in [-0.05, 0) is 60.5 Å². The van der Waals surface area contributed by atoms with Crippen molar-refractivity contribution < 1.29 is 48.0 Å². The third-order valence-corrected chi connectivity index (χ3v) is 7.00. The normalized spacial score (nSPS) is 10.8. The number of aromatic carboxylic acids is 2. The van der Waals surface area contributed by atoms with Gasteiger partial charge in [0, 0.05) is 29.0 Å². The maximum atomic E-state index is 14.0. The largest absolute Gasteiger partial charge is 0.493 e. The molecule has 13 nitrogen and oxygen atoms in total. The lowest BCUT2D eigenvalue weighted by Crippen LogP contribution is -2.32. The summed E-state index contributed by atoms with van der Waals surface area (Å²) in [4.78, 5) is 60.0. The van der Waals surface area contributed by atoms with E-state index in [-0.39, 0.29) is 46.8 Å². The smallest absolute Gasteiger partial charge is 0.372 e. The first-order chi connectivity index (χ1) is 22.1. The molecule has 2 heterocycles. The highest BCUT2D eigenvalue weighted by atomic mass is 16.5. The van der Waals surface area contributed by atoms with E-state index in [2.05, 4.69) is 9.97 Å². The van der Waals surface area contributed by atoms with E-state index >= 15 is 0 Å². The number of nitrogens with zero attached hydrogens (tertiary/aromatic N) is 3. The van der Waals surface area contributed by atoms with E-state index in [9.17, 15) is 29.4 Å². The minimum Gasteiger partial charge on any atom is -0.493 e. The lowest BCUT2D eigenvalue weighted by Gasteiger charge is -2.22. The molecule has 0 fully saturated rings. The predicted octanol–water partition coefficient (Wildman–Crippen LogP) is 5.33. The van der Waals surface area contributed by atoms with Crippen LogP contribution >= 0.6 is 0 Å². The first kappa shape index (κ1) is 31.2. The Morgan fingerprint density at radius 1 is 0.826 bits per heavy atom. The highest BCUT2D eigenvalue weighted by molar-refractivity contribution is 6.12. The Hall–Kier alpha value is -6.24. The Bertz CT molecular complexity index is 1950. The minimum atomic E-state index is -1.46. The number of carbonyl (C=O) groups excluding carboxylic acids is 2. The number of furan rings is 1. The molecule has 3 aromatic carbocycles. The van der Waals surface area contributed by atoms with Gasteiger partial charge in [-0.1, -0.05) is 18.2 Å². The number of hydrogen-bond acceptors (Lipinski definition) is 10. The van der Waals surface area contributed by atoms with Gasteiger partial charge >= 0.3 is 17.9 Å². The molecular formula is C33H27N3O10. The van der Waals surface area contributed by atoms with Crippen LogP contribution in [0.3, 0.4) is 0 Å². The number of carboxylic acid groups (broad SMARTS) is 2. The summed E-state index contributed by atoms with van der Waals surface area (Å²) in [5, 5.41) is 19.1. The lowest BCUT2D eigenvalue weighted by atomic mass is 10.1. The molecule has 2 aromatic heterocycles. The second-order valence-corrected chi connectivity index (χ2v) is 9.77. The number of esters is 1. The second-order valence-electron chi connectivity index (χ2n) is 9.77. The van der Waals surface area contributed by atoms with Gasteiger partial charge in [-0.3, -0.25) is 4.79 Å². The summed E-state index contributed by atoms with van der Waals surface area (Å²) in [6, 6.07) is 15.6. The van der Waals surface area contributed by atoms with Crippen LogP contribution in [0, 0.1) is 0 Å². The predicted molar refractivity (Wildman–Crippen MR) is 164 cm³/mol. The Kier molecular flexibility index (Phi) is 8.94. The Morgan fingerprint density at radius 2 is 1.52 bits per heavy atom. The van der Waals surface area contributed by atoms with Crippen LogP contribution in [0.1, 0.15) is 54.4 Å². The van der Waals surface area contributed by atoms with E-state index in [4.69, 9.17) is 18.6 Å². The number of hydrogen-bond donors (Lipinski definition) is 2.